The highest BCUT2D eigenvalue weighted by molar-refractivity contribution is 8.76. The van der Waals surface area contributed by atoms with Gasteiger partial charge in [0.25, 0.3) is 0 Å². The van der Waals surface area contributed by atoms with Crippen LogP contribution in [0.15, 0.2) is 0 Å². The summed E-state index contributed by atoms with van der Waals surface area (Å²) in [6, 6.07) is 0. The molecule has 0 aliphatic carbocycles. The Bertz CT molecular complexity index is 156. The van der Waals surface area contributed by atoms with Crippen LogP contribution in [0.3, 0.4) is 0 Å². The smallest absolute Gasteiger partial charge is 0.0591 e. The molecule has 0 aromatic heterocycles. The Labute approximate surface area is 101 Å². The molecular weight excluding hydrogens is 228 g/mol. The Morgan fingerprint density at radius 1 is 1.27 bits per heavy atom. The molecule has 0 aliphatic heterocycles. The molecule has 0 radical (unpaired) electrons. The second kappa shape index (κ2) is 12.4. The van der Waals surface area contributed by atoms with Gasteiger partial charge in [-0.2, -0.15) is 0 Å². The number of nitrogens with one attached hydrogen (secondary N) is 2. The molecule has 0 rings (SSSR count). The number of rotatable bonds is 11. The maximum absolute atomic E-state index is 7.26. The van der Waals surface area contributed by atoms with Crippen molar-refractivity contribution in [2.75, 3.05) is 38.3 Å². The Morgan fingerprint density at radius 2 is 2.00 bits per heavy atom. The first-order valence-corrected chi connectivity index (χ1v) is 7.77. The fourth-order valence-electron chi connectivity index (χ4n) is 0.883. The van der Waals surface area contributed by atoms with Crippen LogP contribution in [0, 0.1) is 5.41 Å². The van der Waals surface area contributed by atoms with Gasteiger partial charge in [0.05, 0.1) is 13.2 Å². The molecule has 2 N–H and O–H groups in total. The zero-order valence-electron chi connectivity index (χ0n) is 9.67. The lowest BCUT2D eigenvalue weighted by Crippen LogP contribution is -2.14. The van der Waals surface area contributed by atoms with Crippen LogP contribution in [0.5, 0.6) is 0 Å². The number of hydrogen-bond acceptors (Lipinski definition) is 5. The lowest BCUT2D eigenvalue weighted by Gasteiger charge is -2.03. The summed E-state index contributed by atoms with van der Waals surface area (Å²) in [6.07, 6.45) is 2.06. The SMILES string of the molecule is CNCCOCCSSCCCC(C)=N. The van der Waals surface area contributed by atoms with Gasteiger partial charge in [0, 0.05) is 23.8 Å². The third kappa shape index (κ3) is 14.3. The summed E-state index contributed by atoms with van der Waals surface area (Å²) in [6.45, 7) is 4.43. The maximum atomic E-state index is 7.26. The van der Waals surface area contributed by atoms with Crippen LogP contribution in [0.1, 0.15) is 19.8 Å². The predicted octanol–water partition coefficient (Wildman–Crippen LogP) is 2.42. The van der Waals surface area contributed by atoms with Crippen molar-refractivity contribution in [1.29, 1.82) is 5.41 Å². The van der Waals surface area contributed by atoms with E-state index in [-0.39, 0.29) is 0 Å². The third-order valence-electron chi connectivity index (χ3n) is 1.67. The van der Waals surface area contributed by atoms with Crippen LogP contribution in [0.4, 0.5) is 0 Å². The van der Waals surface area contributed by atoms with Gasteiger partial charge in [0.1, 0.15) is 0 Å². The van der Waals surface area contributed by atoms with E-state index in [1.54, 1.807) is 0 Å². The van der Waals surface area contributed by atoms with Gasteiger partial charge in [-0.05, 0) is 26.8 Å². The quantitative estimate of drug-likeness (QED) is 0.336. The predicted molar refractivity (Wildman–Crippen MR) is 72.3 cm³/mol. The molecule has 0 saturated heterocycles. The van der Waals surface area contributed by atoms with Crippen molar-refractivity contribution in [3.63, 3.8) is 0 Å². The highest BCUT2D eigenvalue weighted by atomic mass is 33.1. The van der Waals surface area contributed by atoms with Crippen LogP contribution in [-0.2, 0) is 4.74 Å². The van der Waals surface area contributed by atoms with Crippen LogP contribution in [-0.4, -0.2) is 44.0 Å². The minimum Gasteiger partial charge on any atom is -0.379 e. The van der Waals surface area contributed by atoms with Gasteiger partial charge >= 0.3 is 0 Å². The van der Waals surface area contributed by atoms with Crippen molar-refractivity contribution in [2.45, 2.75) is 19.8 Å². The molecule has 0 aromatic carbocycles. The number of hydrogen-bond donors (Lipinski definition) is 2. The molecule has 0 spiro atoms. The molecule has 0 fully saturated rings. The molecule has 0 heterocycles. The topological polar surface area (TPSA) is 45.1 Å². The van der Waals surface area contributed by atoms with E-state index in [0.29, 0.717) is 0 Å². The summed E-state index contributed by atoms with van der Waals surface area (Å²) in [4.78, 5) is 0. The summed E-state index contributed by atoms with van der Waals surface area (Å²) in [5.41, 5.74) is 0.788. The molecule has 3 nitrogen and oxygen atoms in total. The number of likely N-dealkylation sites (N-methyl/N-ethyl adjacent to an activating group) is 1. The van der Waals surface area contributed by atoms with Crippen molar-refractivity contribution < 1.29 is 4.74 Å². The first-order valence-electron chi connectivity index (χ1n) is 5.28. The molecular formula is C10H22N2OS2. The van der Waals surface area contributed by atoms with Crippen LogP contribution in [0.25, 0.3) is 0 Å². The maximum Gasteiger partial charge on any atom is 0.0591 e. The fourth-order valence-corrected chi connectivity index (χ4v) is 2.83. The van der Waals surface area contributed by atoms with Gasteiger partial charge in [0.2, 0.25) is 0 Å². The van der Waals surface area contributed by atoms with Crippen molar-refractivity contribution >= 4 is 27.3 Å². The van der Waals surface area contributed by atoms with Gasteiger partial charge in [-0.1, -0.05) is 21.6 Å². The van der Waals surface area contributed by atoms with Crippen molar-refractivity contribution in [3.05, 3.63) is 0 Å². The molecule has 0 bridgehead atoms. The molecule has 0 aromatic rings. The summed E-state index contributed by atoms with van der Waals surface area (Å²) < 4.78 is 5.39. The van der Waals surface area contributed by atoms with E-state index in [4.69, 9.17) is 10.1 Å². The van der Waals surface area contributed by atoms with Gasteiger partial charge in [-0.25, -0.2) is 0 Å². The minimum absolute atomic E-state index is 0.788. The molecule has 0 amide bonds. The summed E-state index contributed by atoms with van der Waals surface area (Å²) >= 11 is 0. The zero-order valence-corrected chi connectivity index (χ0v) is 11.3. The Balaban J connectivity index is 2.89. The Morgan fingerprint density at radius 3 is 2.67 bits per heavy atom. The van der Waals surface area contributed by atoms with Crippen molar-refractivity contribution in [2.24, 2.45) is 0 Å². The van der Waals surface area contributed by atoms with Gasteiger partial charge in [-0.3, -0.25) is 0 Å². The van der Waals surface area contributed by atoms with E-state index in [1.807, 2.05) is 35.6 Å². The lowest BCUT2D eigenvalue weighted by molar-refractivity contribution is 0.153. The molecule has 90 valence electrons. The molecule has 0 aliphatic rings. The molecule has 5 heteroatoms. The first-order chi connectivity index (χ1) is 7.27. The fraction of sp³-hybridized carbons (Fsp3) is 0.900. The molecule has 0 saturated carbocycles. The van der Waals surface area contributed by atoms with Crippen molar-refractivity contribution in [3.8, 4) is 0 Å². The highest BCUT2D eigenvalue weighted by Crippen LogP contribution is 2.21. The van der Waals surface area contributed by atoms with E-state index < -0.39 is 0 Å². The summed E-state index contributed by atoms with van der Waals surface area (Å²) in [5.74, 6) is 2.19. The summed E-state index contributed by atoms with van der Waals surface area (Å²) in [7, 11) is 5.68. The van der Waals surface area contributed by atoms with E-state index >= 15 is 0 Å². The Hall–Kier alpha value is 0.290. The lowest BCUT2D eigenvalue weighted by atomic mass is 10.2. The van der Waals surface area contributed by atoms with Gasteiger partial charge in [0.15, 0.2) is 0 Å². The van der Waals surface area contributed by atoms with Crippen LogP contribution in [0.2, 0.25) is 0 Å². The van der Waals surface area contributed by atoms with Gasteiger partial charge in [-0.15, -0.1) is 0 Å². The molecule has 0 unspecified atom stereocenters. The largest absolute Gasteiger partial charge is 0.379 e. The average molecular weight is 250 g/mol. The second-order valence-electron chi connectivity index (χ2n) is 3.24. The zero-order chi connectivity index (χ0) is 11.4. The van der Waals surface area contributed by atoms with E-state index in [9.17, 15) is 0 Å². The van der Waals surface area contributed by atoms with Crippen molar-refractivity contribution in [1.82, 2.24) is 5.32 Å². The Kier molecular flexibility index (Phi) is 12.6. The van der Waals surface area contributed by atoms with Crippen LogP contribution >= 0.6 is 21.6 Å². The monoisotopic (exact) mass is 250 g/mol. The normalized spacial score (nSPS) is 10.5. The molecule has 0 atom stereocenters. The van der Waals surface area contributed by atoms with Crippen LogP contribution < -0.4 is 5.32 Å². The highest BCUT2D eigenvalue weighted by Gasteiger charge is 1.93. The second-order valence-corrected chi connectivity index (χ2v) is 5.95. The first kappa shape index (κ1) is 15.3. The third-order valence-corrected chi connectivity index (χ3v) is 4.13. The minimum atomic E-state index is 0.788. The summed E-state index contributed by atoms with van der Waals surface area (Å²) in [5, 5.41) is 10.3. The van der Waals surface area contributed by atoms with Gasteiger partial charge < -0.3 is 15.5 Å². The molecule has 15 heavy (non-hydrogen) atoms. The van der Waals surface area contributed by atoms with E-state index in [2.05, 4.69) is 5.32 Å². The average Bonchev–Trinajstić information content (AvgIpc) is 2.20. The number of ether oxygens (including phenoxy) is 1. The van der Waals surface area contributed by atoms with E-state index in [0.717, 1.165) is 49.8 Å². The van der Waals surface area contributed by atoms with E-state index in [1.165, 1.54) is 0 Å². The standard InChI is InChI=1S/C10H22N2OS2/c1-10(11)4-3-8-14-15-9-7-13-6-5-12-2/h11-12H,3-9H2,1-2H3.